The Labute approximate surface area is 161 Å². The molecular formula is C20H15ClN4O2. The highest BCUT2D eigenvalue weighted by molar-refractivity contribution is 6.32. The van der Waals surface area contributed by atoms with Crippen LogP contribution in [0.25, 0.3) is 11.3 Å². The van der Waals surface area contributed by atoms with Crippen LogP contribution >= 0.6 is 11.6 Å². The fourth-order valence-corrected chi connectivity index (χ4v) is 2.61. The molecule has 2 aromatic heterocycles. The Morgan fingerprint density at radius 2 is 1.96 bits per heavy atom. The molecule has 0 aliphatic heterocycles. The van der Waals surface area contributed by atoms with Crippen molar-refractivity contribution in [3.63, 3.8) is 0 Å². The molecule has 1 aromatic carbocycles. The van der Waals surface area contributed by atoms with Gasteiger partial charge >= 0.3 is 0 Å². The number of hydrogen-bond donors (Lipinski definition) is 1. The third kappa shape index (κ3) is 4.60. The Kier molecular flexibility index (Phi) is 5.64. The monoisotopic (exact) mass is 378 g/mol. The average Bonchev–Trinajstić information content (AvgIpc) is 2.70. The van der Waals surface area contributed by atoms with E-state index in [1.165, 1.54) is 13.3 Å². The van der Waals surface area contributed by atoms with Crippen LogP contribution in [0.1, 0.15) is 11.1 Å². The number of nitrogens with one attached hydrogen (secondary N) is 1. The summed E-state index contributed by atoms with van der Waals surface area (Å²) >= 11 is 5.92. The number of ether oxygens (including phenoxy) is 1. The van der Waals surface area contributed by atoms with Crippen molar-refractivity contribution in [3.8, 4) is 23.1 Å². The topological polar surface area (TPSA) is 87.9 Å². The van der Waals surface area contributed by atoms with Crippen molar-refractivity contribution in [1.82, 2.24) is 9.97 Å². The molecule has 0 unspecified atom stereocenters. The molecule has 0 saturated heterocycles. The molecule has 0 atom stereocenters. The van der Waals surface area contributed by atoms with E-state index in [-0.39, 0.29) is 12.3 Å². The maximum absolute atomic E-state index is 12.2. The fraction of sp³-hybridized carbons (Fsp3) is 0.100. The number of amides is 1. The predicted molar refractivity (Wildman–Crippen MR) is 103 cm³/mol. The van der Waals surface area contributed by atoms with Crippen molar-refractivity contribution in [1.29, 1.82) is 5.26 Å². The summed E-state index contributed by atoms with van der Waals surface area (Å²) in [6.45, 7) is 0. The minimum absolute atomic E-state index is 0.160. The Morgan fingerprint density at radius 1 is 1.19 bits per heavy atom. The summed E-state index contributed by atoms with van der Waals surface area (Å²) < 4.78 is 5.10. The van der Waals surface area contributed by atoms with E-state index in [9.17, 15) is 4.79 Å². The van der Waals surface area contributed by atoms with Gasteiger partial charge in [-0.2, -0.15) is 5.26 Å². The first-order chi connectivity index (χ1) is 13.1. The lowest BCUT2D eigenvalue weighted by molar-refractivity contribution is -0.115. The zero-order valence-electron chi connectivity index (χ0n) is 14.4. The Morgan fingerprint density at radius 3 is 2.59 bits per heavy atom. The van der Waals surface area contributed by atoms with Crippen molar-refractivity contribution in [2.75, 3.05) is 12.4 Å². The molecule has 134 valence electrons. The number of anilines is 1. The van der Waals surface area contributed by atoms with Crippen molar-refractivity contribution in [2.24, 2.45) is 0 Å². The second-order valence-electron chi connectivity index (χ2n) is 5.67. The van der Waals surface area contributed by atoms with Gasteiger partial charge in [0, 0.05) is 17.8 Å². The minimum Gasteiger partial charge on any atom is -0.495 e. The van der Waals surface area contributed by atoms with Gasteiger partial charge < -0.3 is 10.1 Å². The summed E-state index contributed by atoms with van der Waals surface area (Å²) in [5.74, 6) is 0.582. The van der Waals surface area contributed by atoms with E-state index >= 15 is 0 Å². The first-order valence-electron chi connectivity index (χ1n) is 8.04. The average molecular weight is 379 g/mol. The van der Waals surface area contributed by atoms with Crippen LogP contribution in [0.4, 0.5) is 5.82 Å². The lowest BCUT2D eigenvalue weighted by Gasteiger charge is -2.08. The number of hydrogen-bond acceptors (Lipinski definition) is 5. The first kappa shape index (κ1) is 18.4. The predicted octanol–water partition coefficient (Wildman–Crippen LogP) is 3.86. The fourth-order valence-electron chi connectivity index (χ4n) is 2.43. The van der Waals surface area contributed by atoms with E-state index < -0.39 is 0 Å². The quantitative estimate of drug-likeness (QED) is 0.728. The molecule has 1 N–H and O–H groups in total. The van der Waals surface area contributed by atoms with E-state index in [2.05, 4.69) is 21.4 Å². The number of benzene rings is 1. The van der Waals surface area contributed by atoms with Gasteiger partial charge in [0.2, 0.25) is 5.91 Å². The summed E-state index contributed by atoms with van der Waals surface area (Å²) in [5.41, 5.74) is 3.04. The maximum Gasteiger partial charge on any atom is 0.230 e. The molecule has 0 spiro atoms. The third-order valence-electron chi connectivity index (χ3n) is 3.81. The van der Waals surface area contributed by atoms with Crippen LogP contribution in [0.2, 0.25) is 5.02 Å². The Hall–Kier alpha value is -3.43. The molecule has 0 fully saturated rings. The minimum atomic E-state index is -0.222. The molecule has 27 heavy (non-hydrogen) atoms. The van der Waals surface area contributed by atoms with Crippen LogP contribution in [0.3, 0.4) is 0 Å². The third-order valence-corrected chi connectivity index (χ3v) is 4.09. The zero-order chi connectivity index (χ0) is 19.2. The number of carbonyl (C=O) groups is 1. The summed E-state index contributed by atoms with van der Waals surface area (Å²) in [6.07, 6.45) is 3.24. The molecule has 0 aliphatic rings. The Balaban J connectivity index is 1.65. The SMILES string of the molecule is COc1cc(NC(=O)Cc2ccc(-c3ccc(C#N)cc3)nc2)ncc1Cl. The first-order valence-corrected chi connectivity index (χ1v) is 8.41. The molecule has 2 heterocycles. The van der Waals surface area contributed by atoms with Crippen molar-refractivity contribution in [3.05, 3.63) is 71.0 Å². The van der Waals surface area contributed by atoms with Crippen LogP contribution in [-0.2, 0) is 11.2 Å². The summed E-state index contributed by atoms with van der Waals surface area (Å²) in [5, 5.41) is 11.9. The lowest BCUT2D eigenvalue weighted by Crippen LogP contribution is -2.15. The maximum atomic E-state index is 12.2. The van der Waals surface area contributed by atoms with Crippen LogP contribution < -0.4 is 10.1 Å². The number of methoxy groups -OCH3 is 1. The molecule has 3 aromatic rings. The van der Waals surface area contributed by atoms with Crippen LogP contribution in [0, 0.1) is 11.3 Å². The van der Waals surface area contributed by atoms with Crippen LogP contribution in [0.5, 0.6) is 5.75 Å². The molecule has 0 bridgehead atoms. The molecule has 3 rings (SSSR count). The second-order valence-corrected chi connectivity index (χ2v) is 6.08. The van der Waals surface area contributed by atoms with Crippen molar-refractivity contribution in [2.45, 2.75) is 6.42 Å². The van der Waals surface area contributed by atoms with Crippen LogP contribution in [-0.4, -0.2) is 23.0 Å². The zero-order valence-corrected chi connectivity index (χ0v) is 15.2. The van der Waals surface area contributed by atoms with Crippen molar-refractivity contribution >= 4 is 23.3 Å². The molecular weight excluding hydrogens is 364 g/mol. The molecule has 0 radical (unpaired) electrons. The molecule has 6 nitrogen and oxygen atoms in total. The van der Waals surface area contributed by atoms with Crippen molar-refractivity contribution < 1.29 is 9.53 Å². The molecule has 0 aliphatic carbocycles. The molecule has 0 saturated carbocycles. The molecule has 7 heteroatoms. The standard InChI is InChI=1S/C20H15ClN4O2/c1-27-18-9-19(24-12-16(18)21)25-20(26)8-14-4-7-17(23-11-14)15-5-2-13(10-22)3-6-15/h2-7,9,11-12H,8H2,1H3,(H,24,25,26). The van der Waals surface area contributed by atoms with Gasteiger partial charge in [-0.1, -0.05) is 29.8 Å². The van der Waals surface area contributed by atoms with Gasteiger partial charge in [0.1, 0.15) is 16.6 Å². The second kappa shape index (κ2) is 8.30. The summed E-state index contributed by atoms with van der Waals surface area (Å²) in [4.78, 5) is 20.7. The largest absolute Gasteiger partial charge is 0.495 e. The van der Waals surface area contributed by atoms with Crippen LogP contribution in [0.15, 0.2) is 54.9 Å². The van der Waals surface area contributed by atoms with E-state index in [0.29, 0.717) is 22.2 Å². The number of rotatable bonds is 5. The molecule has 1 amide bonds. The lowest BCUT2D eigenvalue weighted by atomic mass is 10.1. The Bertz CT molecular complexity index is 996. The van der Waals surface area contributed by atoms with E-state index in [1.807, 2.05) is 24.3 Å². The van der Waals surface area contributed by atoms with E-state index in [4.69, 9.17) is 21.6 Å². The van der Waals surface area contributed by atoms with Gasteiger partial charge in [0.15, 0.2) is 0 Å². The van der Waals surface area contributed by atoms with Gasteiger partial charge in [-0.25, -0.2) is 4.98 Å². The smallest absolute Gasteiger partial charge is 0.230 e. The van der Waals surface area contributed by atoms with Gasteiger partial charge in [-0.3, -0.25) is 9.78 Å². The number of nitrogens with zero attached hydrogens (tertiary/aromatic N) is 3. The summed E-state index contributed by atoms with van der Waals surface area (Å²) in [6, 6.07) is 14.5. The highest BCUT2D eigenvalue weighted by atomic mass is 35.5. The number of nitriles is 1. The normalized spacial score (nSPS) is 10.1. The highest BCUT2D eigenvalue weighted by Crippen LogP contribution is 2.25. The number of pyridine rings is 2. The summed E-state index contributed by atoms with van der Waals surface area (Å²) in [7, 11) is 1.49. The van der Waals surface area contributed by atoms with Gasteiger partial charge in [-0.05, 0) is 23.8 Å². The van der Waals surface area contributed by atoms with E-state index in [0.717, 1.165) is 16.8 Å². The van der Waals surface area contributed by atoms with Gasteiger partial charge in [-0.15, -0.1) is 0 Å². The van der Waals surface area contributed by atoms with E-state index in [1.54, 1.807) is 24.4 Å². The highest BCUT2D eigenvalue weighted by Gasteiger charge is 2.09. The van der Waals surface area contributed by atoms with Gasteiger partial charge in [0.05, 0.1) is 37.1 Å². The van der Waals surface area contributed by atoms with Gasteiger partial charge in [0.25, 0.3) is 0 Å². The number of halogens is 1. The number of carbonyl (C=O) groups excluding carboxylic acids is 1. The number of aromatic nitrogens is 2.